The lowest BCUT2D eigenvalue weighted by atomic mass is 10.0. The summed E-state index contributed by atoms with van der Waals surface area (Å²) in [6.07, 6.45) is 4.50. The lowest BCUT2D eigenvalue weighted by Crippen LogP contribution is -2.04. The van der Waals surface area contributed by atoms with E-state index in [0.29, 0.717) is 6.42 Å². The van der Waals surface area contributed by atoms with Gasteiger partial charge in [0.2, 0.25) is 0 Å². The molecule has 0 amide bonds. The van der Waals surface area contributed by atoms with Gasteiger partial charge in [-0.05, 0) is 12.5 Å². The van der Waals surface area contributed by atoms with E-state index in [0.717, 1.165) is 6.42 Å². The van der Waals surface area contributed by atoms with Gasteiger partial charge in [-0.15, -0.1) is 0 Å². The summed E-state index contributed by atoms with van der Waals surface area (Å²) in [5.41, 5.74) is 0. The molecular formula is C7H7NO. The van der Waals surface area contributed by atoms with Crippen LogP contribution in [0.4, 0.5) is 0 Å². The van der Waals surface area contributed by atoms with Crippen LogP contribution in [-0.2, 0) is 4.79 Å². The third-order valence-electron chi connectivity index (χ3n) is 1.44. The molecule has 1 atom stereocenters. The second kappa shape index (κ2) is 2.45. The van der Waals surface area contributed by atoms with Gasteiger partial charge in [-0.25, -0.2) is 0 Å². The van der Waals surface area contributed by atoms with Crippen molar-refractivity contribution in [2.75, 3.05) is 0 Å². The fraction of sp³-hybridized carbons (Fsp3) is 0.429. The van der Waals surface area contributed by atoms with Crippen LogP contribution in [0.15, 0.2) is 12.2 Å². The molecule has 1 aliphatic carbocycles. The number of nitrogens with zero attached hydrogens (tertiary/aromatic N) is 1. The van der Waals surface area contributed by atoms with Crippen molar-refractivity contribution < 1.29 is 4.79 Å². The van der Waals surface area contributed by atoms with Crippen molar-refractivity contribution in [1.29, 1.82) is 5.26 Å². The quantitative estimate of drug-likeness (QED) is 0.520. The number of carbonyl (C=O) groups excluding carboxylic acids is 1. The van der Waals surface area contributed by atoms with Crippen LogP contribution in [0.1, 0.15) is 12.8 Å². The highest BCUT2D eigenvalue weighted by Gasteiger charge is 2.18. The van der Waals surface area contributed by atoms with Crippen molar-refractivity contribution in [3.8, 4) is 6.07 Å². The largest absolute Gasteiger partial charge is 0.295 e. The number of hydrogen-bond donors (Lipinski definition) is 0. The van der Waals surface area contributed by atoms with Gasteiger partial charge in [-0.1, -0.05) is 6.08 Å². The Labute approximate surface area is 53.8 Å². The van der Waals surface area contributed by atoms with Crippen LogP contribution >= 0.6 is 0 Å². The molecule has 9 heavy (non-hydrogen) atoms. The van der Waals surface area contributed by atoms with Crippen molar-refractivity contribution in [2.45, 2.75) is 12.8 Å². The summed E-state index contributed by atoms with van der Waals surface area (Å²) in [6, 6.07) is 1.98. The minimum absolute atomic E-state index is 0.0324. The van der Waals surface area contributed by atoms with Gasteiger partial charge < -0.3 is 0 Å². The van der Waals surface area contributed by atoms with Crippen LogP contribution in [0.3, 0.4) is 0 Å². The summed E-state index contributed by atoms with van der Waals surface area (Å²) >= 11 is 0. The standard InChI is InChI=1S/C7H7NO/c8-5-4-6-2-1-3-7(6)9/h1,3,6H,2,4H2. The zero-order chi connectivity index (χ0) is 6.69. The number of rotatable bonds is 1. The third kappa shape index (κ3) is 1.17. The fourth-order valence-electron chi connectivity index (χ4n) is 0.895. The molecule has 46 valence electrons. The second-order valence-corrected chi connectivity index (χ2v) is 2.10. The molecule has 0 aromatic rings. The summed E-state index contributed by atoms with van der Waals surface area (Å²) in [5, 5.41) is 8.21. The maximum Gasteiger partial charge on any atom is 0.159 e. The second-order valence-electron chi connectivity index (χ2n) is 2.10. The Morgan fingerprint density at radius 1 is 1.89 bits per heavy atom. The zero-order valence-corrected chi connectivity index (χ0v) is 5.00. The van der Waals surface area contributed by atoms with Crippen molar-refractivity contribution in [2.24, 2.45) is 5.92 Å². The molecule has 2 heteroatoms. The maximum absolute atomic E-state index is 10.7. The highest BCUT2D eigenvalue weighted by Crippen LogP contribution is 2.16. The Balaban J connectivity index is 2.48. The number of allylic oxidation sites excluding steroid dienone is 2. The molecule has 0 fully saturated rings. The Kier molecular flexibility index (Phi) is 1.64. The van der Waals surface area contributed by atoms with Gasteiger partial charge in [-0.3, -0.25) is 4.79 Å². The number of hydrogen-bond acceptors (Lipinski definition) is 2. The van der Waals surface area contributed by atoms with E-state index >= 15 is 0 Å². The Bertz CT molecular complexity index is 188. The topological polar surface area (TPSA) is 40.9 Å². The molecule has 1 aliphatic rings. The molecule has 1 unspecified atom stereocenters. The van der Waals surface area contributed by atoms with Crippen molar-refractivity contribution in [3.63, 3.8) is 0 Å². The monoisotopic (exact) mass is 121 g/mol. The average molecular weight is 121 g/mol. The van der Waals surface area contributed by atoms with Crippen LogP contribution in [-0.4, -0.2) is 5.78 Å². The summed E-state index contributed by atoms with van der Waals surface area (Å²) < 4.78 is 0. The first-order chi connectivity index (χ1) is 4.34. The molecule has 0 aromatic carbocycles. The van der Waals surface area contributed by atoms with Crippen LogP contribution in [0.2, 0.25) is 0 Å². The molecular weight excluding hydrogens is 114 g/mol. The molecule has 0 heterocycles. The third-order valence-corrected chi connectivity index (χ3v) is 1.44. The molecule has 0 spiro atoms. The smallest absolute Gasteiger partial charge is 0.159 e. The van der Waals surface area contributed by atoms with Gasteiger partial charge >= 0.3 is 0 Å². The van der Waals surface area contributed by atoms with Crippen LogP contribution in [0, 0.1) is 17.2 Å². The van der Waals surface area contributed by atoms with Crippen LogP contribution in [0.25, 0.3) is 0 Å². The minimum Gasteiger partial charge on any atom is -0.295 e. The predicted molar refractivity (Wildman–Crippen MR) is 32.5 cm³/mol. The van der Waals surface area contributed by atoms with Gasteiger partial charge in [0.15, 0.2) is 5.78 Å². The molecule has 0 aliphatic heterocycles. The normalized spacial score (nSPS) is 24.3. The van der Waals surface area contributed by atoms with Gasteiger partial charge in [-0.2, -0.15) is 5.26 Å². The van der Waals surface area contributed by atoms with Gasteiger partial charge in [0, 0.05) is 12.3 Å². The molecule has 0 saturated carbocycles. The fourth-order valence-corrected chi connectivity index (χ4v) is 0.895. The SMILES string of the molecule is N#CCC1CC=CC1=O. The van der Waals surface area contributed by atoms with E-state index < -0.39 is 0 Å². The Hall–Kier alpha value is -1.10. The molecule has 0 bridgehead atoms. The first-order valence-corrected chi connectivity index (χ1v) is 2.92. The van der Waals surface area contributed by atoms with E-state index in [9.17, 15) is 4.79 Å². The predicted octanol–water partition coefficient (Wildman–Crippen LogP) is 1.05. The first kappa shape index (κ1) is 6.03. The van der Waals surface area contributed by atoms with E-state index in [2.05, 4.69) is 0 Å². The lowest BCUT2D eigenvalue weighted by Gasteiger charge is -1.97. The number of carbonyl (C=O) groups is 1. The Morgan fingerprint density at radius 2 is 2.67 bits per heavy atom. The lowest BCUT2D eigenvalue weighted by molar-refractivity contribution is -0.117. The molecule has 0 aromatic heterocycles. The van der Waals surface area contributed by atoms with E-state index in [1.54, 1.807) is 6.08 Å². The molecule has 0 saturated heterocycles. The highest BCUT2D eigenvalue weighted by molar-refractivity contribution is 5.94. The molecule has 2 nitrogen and oxygen atoms in total. The minimum atomic E-state index is -0.0324. The summed E-state index contributed by atoms with van der Waals surface area (Å²) in [6.45, 7) is 0. The number of nitriles is 1. The van der Waals surface area contributed by atoms with E-state index in [1.165, 1.54) is 0 Å². The van der Waals surface area contributed by atoms with Crippen molar-refractivity contribution in [1.82, 2.24) is 0 Å². The van der Waals surface area contributed by atoms with Gasteiger partial charge in [0.1, 0.15) is 0 Å². The molecule has 1 rings (SSSR count). The van der Waals surface area contributed by atoms with E-state index in [-0.39, 0.29) is 11.7 Å². The van der Waals surface area contributed by atoms with Gasteiger partial charge in [0.25, 0.3) is 0 Å². The van der Waals surface area contributed by atoms with Crippen molar-refractivity contribution in [3.05, 3.63) is 12.2 Å². The Morgan fingerprint density at radius 3 is 3.11 bits per heavy atom. The average Bonchev–Trinajstić information content (AvgIpc) is 2.18. The van der Waals surface area contributed by atoms with Gasteiger partial charge in [0.05, 0.1) is 6.07 Å². The van der Waals surface area contributed by atoms with Crippen LogP contribution in [0.5, 0.6) is 0 Å². The van der Waals surface area contributed by atoms with E-state index in [1.807, 2.05) is 12.1 Å². The molecule has 0 N–H and O–H groups in total. The van der Waals surface area contributed by atoms with E-state index in [4.69, 9.17) is 5.26 Å². The molecule has 0 radical (unpaired) electrons. The maximum atomic E-state index is 10.7. The number of ketones is 1. The van der Waals surface area contributed by atoms with Crippen LogP contribution < -0.4 is 0 Å². The zero-order valence-electron chi connectivity index (χ0n) is 5.00. The summed E-state index contributed by atoms with van der Waals surface area (Å²) in [5.74, 6) is 0.0755. The highest BCUT2D eigenvalue weighted by atomic mass is 16.1. The van der Waals surface area contributed by atoms with Crippen molar-refractivity contribution >= 4 is 5.78 Å². The first-order valence-electron chi connectivity index (χ1n) is 2.92. The summed E-state index contributed by atoms with van der Waals surface area (Å²) in [4.78, 5) is 10.7. The summed E-state index contributed by atoms with van der Waals surface area (Å²) in [7, 11) is 0.